The molecule has 0 aliphatic carbocycles. The average Bonchev–Trinajstić information content (AvgIpc) is 3.27. The summed E-state index contributed by atoms with van der Waals surface area (Å²) in [6.45, 7) is 2.18. The number of aliphatic imine (C=N–C) groups is 1. The van der Waals surface area contributed by atoms with Crippen LogP contribution in [0.4, 0.5) is 5.69 Å². The lowest BCUT2D eigenvalue weighted by molar-refractivity contribution is 0.436. The first-order valence-electron chi connectivity index (χ1n) is 9.58. The van der Waals surface area contributed by atoms with Gasteiger partial charge in [-0.1, -0.05) is 43.7 Å². The number of hydrogen-bond donors (Lipinski definition) is 1. The summed E-state index contributed by atoms with van der Waals surface area (Å²) in [6.07, 6.45) is 6.61. The van der Waals surface area contributed by atoms with Gasteiger partial charge in [0.15, 0.2) is 5.13 Å². The van der Waals surface area contributed by atoms with Crippen molar-refractivity contribution < 1.29 is 5.11 Å². The van der Waals surface area contributed by atoms with E-state index in [0.717, 1.165) is 12.1 Å². The Hall–Kier alpha value is -3.25. The van der Waals surface area contributed by atoms with Crippen molar-refractivity contribution in [1.82, 2.24) is 9.55 Å². The molecule has 4 rings (SSSR count). The highest BCUT2D eigenvalue weighted by molar-refractivity contribution is 7.12. The zero-order valence-corrected chi connectivity index (χ0v) is 16.9. The number of unbranched alkanes of at least 4 members (excludes halogenated alkanes) is 1. The highest BCUT2D eigenvalue weighted by Crippen LogP contribution is 2.27. The second kappa shape index (κ2) is 8.41. The molecule has 0 unspecified atom stereocenters. The summed E-state index contributed by atoms with van der Waals surface area (Å²) in [6, 6.07) is 15.3. The number of aromatic hydroxyl groups is 1. The summed E-state index contributed by atoms with van der Waals surface area (Å²) in [4.78, 5) is 21.7. The van der Waals surface area contributed by atoms with Gasteiger partial charge < -0.3 is 5.11 Å². The van der Waals surface area contributed by atoms with Gasteiger partial charge in [0.05, 0.1) is 11.3 Å². The molecular weight excluding hydrogens is 382 g/mol. The minimum atomic E-state index is -0.300. The normalized spacial score (nSPS) is 11.5. The van der Waals surface area contributed by atoms with E-state index < -0.39 is 0 Å². The SMILES string of the molecule is CCCCc1ccc(N=Cc2c(O)n(-c3nccs3)c(=O)c3ccccc23)cc1. The molecule has 5 nitrogen and oxygen atoms in total. The molecule has 0 atom stereocenters. The van der Waals surface area contributed by atoms with Crippen molar-refractivity contribution in [3.63, 3.8) is 0 Å². The maximum absolute atomic E-state index is 12.9. The summed E-state index contributed by atoms with van der Waals surface area (Å²) in [7, 11) is 0. The molecule has 2 aromatic carbocycles. The van der Waals surface area contributed by atoms with Crippen molar-refractivity contribution in [1.29, 1.82) is 0 Å². The van der Waals surface area contributed by atoms with Crippen molar-refractivity contribution in [2.45, 2.75) is 26.2 Å². The van der Waals surface area contributed by atoms with Crippen molar-refractivity contribution >= 4 is 34.0 Å². The van der Waals surface area contributed by atoms with Crippen LogP contribution in [0.3, 0.4) is 0 Å². The zero-order valence-electron chi connectivity index (χ0n) is 16.1. The van der Waals surface area contributed by atoms with Crippen molar-refractivity contribution in [3.8, 4) is 11.0 Å². The lowest BCUT2D eigenvalue weighted by Gasteiger charge is -2.11. The molecule has 4 aromatic rings. The van der Waals surface area contributed by atoms with E-state index in [1.807, 2.05) is 30.3 Å². The highest BCUT2D eigenvalue weighted by Gasteiger charge is 2.17. The third-order valence-electron chi connectivity index (χ3n) is 4.81. The van der Waals surface area contributed by atoms with Crippen LogP contribution in [0.5, 0.6) is 5.88 Å². The van der Waals surface area contributed by atoms with E-state index in [4.69, 9.17) is 0 Å². The molecule has 2 aromatic heterocycles. The highest BCUT2D eigenvalue weighted by atomic mass is 32.1. The number of rotatable bonds is 6. The van der Waals surface area contributed by atoms with Gasteiger partial charge in [-0.05, 0) is 36.6 Å². The number of aromatic nitrogens is 2. The van der Waals surface area contributed by atoms with E-state index in [-0.39, 0.29) is 11.4 Å². The summed E-state index contributed by atoms with van der Waals surface area (Å²) in [5.41, 5.74) is 2.27. The summed E-state index contributed by atoms with van der Waals surface area (Å²) in [5, 5.41) is 14.3. The Kier molecular flexibility index (Phi) is 5.53. The minimum Gasteiger partial charge on any atom is -0.494 e. The third kappa shape index (κ3) is 3.84. The summed E-state index contributed by atoms with van der Waals surface area (Å²) in [5.74, 6) is -0.160. The Balaban J connectivity index is 1.79. The Labute approximate surface area is 172 Å². The molecule has 29 heavy (non-hydrogen) atoms. The minimum absolute atomic E-state index is 0.160. The topological polar surface area (TPSA) is 67.5 Å². The predicted octanol–water partition coefficient (Wildman–Crippen LogP) is 5.25. The van der Waals surface area contributed by atoms with E-state index in [1.54, 1.807) is 23.9 Å². The number of benzene rings is 2. The molecule has 1 N–H and O–H groups in total. The van der Waals surface area contributed by atoms with E-state index in [0.29, 0.717) is 21.5 Å². The largest absolute Gasteiger partial charge is 0.494 e. The van der Waals surface area contributed by atoms with Gasteiger partial charge in [0.25, 0.3) is 5.56 Å². The molecule has 0 saturated carbocycles. The summed E-state index contributed by atoms with van der Waals surface area (Å²) < 4.78 is 1.24. The van der Waals surface area contributed by atoms with E-state index in [1.165, 1.54) is 34.3 Å². The Morgan fingerprint density at radius 3 is 2.59 bits per heavy atom. The lowest BCUT2D eigenvalue weighted by Crippen LogP contribution is -2.19. The van der Waals surface area contributed by atoms with Gasteiger partial charge in [-0.2, -0.15) is 0 Å². The predicted molar refractivity (Wildman–Crippen MR) is 119 cm³/mol. The first-order chi connectivity index (χ1) is 14.2. The average molecular weight is 404 g/mol. The lowest BCUT2D eigenvalue weighted by atomic mass is 10.1. The molecule has 2 heterocycles. The maximum atomic E-state index is 12.9. The smallest absolute Gasteiger partial charge is 0.267 e. The van der Waals surface area contributed by atoms with Crippen LogP contribution >= 0.6 is 11.3 Å². The molecule has 6 heteroatoms. The van der Waals surface area contributed by atoms with E-state index in [2.05, 4.69) is 29.0 Å². The maximum Gasteiger partial charge on any atom is 0.267 e. The number of nitrogens with zero attached hydrogens (tertiary/aromatic N) is 3. The van der Waals surface area contributed by atoms with Gasteiger partial charge in [0, 0.05) is 28.6 Å². The van der Waals surface area contributed by atoms with Crippen LogP contribution in [-0.4, -0.2) is 20.9 Å². The molecule has 0 saturated heterocycles. The van der Waals surface area contributed by atoms with Gasteiger partial charge in [-0.15, -0.1) is 11.3 Å². The van der Waals surface area contributed by atoms with Crippen molar-refractivity contribution in [3.05, 3.63) is 81.6 Å². The zero-order chi connectivity index (χ0) is 20.2. The van der Waals surface area contributed by atoms with Crippen LogP contribution in [0.1, 0.15) is 30.9 Å². The first-order valence-corrected chi connectivity index (χ1v) is 10.5. The molecule has 0 amide bonds. The van der Waals surface area contributed by atoms with Gasteiger partial charge in [0.1, 0.15) is 0 Å². The summed E-state index contributed by atoms with van der Waals surface area (Å²) >= 11 is 1.29. The van der Waals surface area contributed by atoms with Crippen molar-refractivity contribution in [2.75, 3.05) is 0 Å². The molecule has 0 spiro atoms. The molecule has 0 bridgehead atoms. The van der Waals surface area contributed by atoms with Crippen molar-refractivity contribution in [2.24, 2.45) is 4.99 Å². The molecular formula is C23H21N3O2S. The quantitative estimate of drug-likeness (QED) is 0.447. The Morgan fingerprint density at radius 1 is 1.14 bits per heavy atom. The number of pyridine rings is 1. The fraction of sp³-hybridized carbons (Fsp3) is 0.174. The fourth-order valence-electron chi connectivity index (χ4n) is 3.26. The van der Waals surface area contributed by atoms with Gasteiger partial charge in [0.2, 0.25) is 5.88 Å². The molecule has 146 valence electrons. The van der Waals surface area contributed by atoms with Gasteiger partial charge in [-0.3, -0.25) is 9.79 Å². The van der Waals surface area contributed by atoms with E-state index >= 15 is 0 Å². The monoisotopic (exact) mass is 403 g/mol. The van der Waals surface area contributed by atoms with Crippen LogP contribution < -0.4 is 5.56 Å². The van der Waals surface area contributed by atoms with Gasteiger partial charge >= 0.3 is 0 Å². The molecule has 0 aliphatic rings. The number of hydrogen-bond acceptors (Lipinski definition) is 5. The van der Waals surface area contributed by atoms with Crippen LogP contribution in [0.25, 0.3) is 15.9 Å². The number of fused-ring (bicyclic) bond motifs is 1. The fourth-order valence-corrected chi connectivity index (χ4v) is 3.90. The van der Waals surface area contributed by atoms with Crippen LogP contribution in [0.15, 0.2) is 69.9 Å². The number of aryl methyl sites for hydroxylation is 1. The first kappa shape index (κ1) is 19.1. The van der Waals surface area contributed by atoms with Gasteiger partial charge in [-0.25, -0.2) is 9.55 Å². The molecule has 0 fully saturated rings. The van der Waals surface area contributed by atoms with Crippen LogP contribution in [0, 0.1) is 0 Å². The van der Waals surface area contributed by atoms with Crippen LogP contribution in [-0.2, 0) is 6.42 Å². The third-order valence-corrected chi connectivity index (χ3v) is 5.57. The molecule has 0 aliphatic heterocycles. The second-order valence-electron chi connectivity index (χ2n) is 6.77. The Bertz CT molecular complexity index is 1210. The second-order valence-corrected chi connectivity index (χ2v) is 7.64. The Morgan fingerprint density at radius 2 is 1.90 bits per heavy atom. The number of thiazole rings is 1. The molecule has 0 radical (unpaired) electrons. The standard InChI is InChI=1S/C23H21N3O2S/c1-2-3-6-16-9-11-17(12-10-16)25-15-20-18-7-4-5-8-19(18)21(27)26(22(20)28)23-24-13-14-29-23/h4-5,7-15,28H,2-3,6H2,1H3. The van der Waals surface area contributed by atoms with E-state index in [9.17, 15) is 9.90 Å². The van der Waals surface area contributed by atoms with Crippen LogP contribution in [0.2, 0.25) is 0 Å².